The molecule has 1 aliphatic rings. The molecule has 0 saturated carbocycles. The average Bonchev–Trinajstić information content (AvgIpc) is 2.39. The highest BCUT2D eigenvalue weighted by Crippen LogP contribution is 2.26. The summed E-state index contributed by atoms with van der Waals surface area (Å²) in [7, 11) is 0. The molecule has 0 radical (unpaired) electrons. The number of rotatable bonds is 3. The van der Waals surface area contributed by atoms with Gasteiger partial charge in [0, 0.05) is 26.2 Å². The number of ether oxygens (including phenoxy) is 1. The average molecular weight is 262 g/mol. The maximum absolute atomic E-state index is 5.88. The van der Waals surface area contributed by atoms with E-state index in [1.165, 1.54) is 11.1 Å². The maximum atomic E-state index is 5.88. The maximum Gasteiger partial charge on any atom is 0.0952 e. The van der Waals surface area contributed by atoms with Crippen LogP contribution < -0.4 is 5.73 Å². The zero-order chi connectivity index (χ0) is 13.9. The lowest BCUT2D eigenvalue weighted by atomic mass is 9.86. The zero-order valence-electron chi connectivity index (χ0n) is 12.4. The van der Waals surface area contributed by atoms with Gasteiger partial charge in [0.25, 0.3) is 0 Å². The summed E-state index contributed by atoms with van der Waals surface area (Å²) in [6.07, 6.45) is 0.189. The van der Waals surface area contributed by atoms with Gasteiger partial charge < -0.3 is 10.5 Å². The minimum absolute atomic E-state index is 0.189. The van der Waals surface area contributed by atoms with Crippen molar-refractivity contribution in [1.82, 2.24) is 4.90 Å². The van der Waals surface area contributed by atoms with Gasteiger partial charge in [-0.25, -0.2) is 0 Å². The molecule has 3 heteroatoms. The summed E-state index contributed by atoms with van der Waals surface area (Å²) in [4.78, 5) is 2.38. The predicted molar refractivity (Wildman–Crippen MR) is 79.3 cm³/mol. The molecule has 19 heavy (non-hydrogen) atoms. The van der Waals surface area contributed by atoms with Crippen molar-refractivity contribution in [3.05, 3.63) is 35.4 Å². The first-order chi connectivity index (χ1) is 9.00. The Morgan fingerprint density at radius 2 is 1.95 bits per heavy atom. The van der Waals surface area contributed by atoms with Crippen LogP contribution in [0, 0.1) is 0 Å². The van der Waals surface area contributed by atoms with Gasteiger partial charge in [0.15, 0.2) is 0 Å². The van der Waals surface area contributed by atoms with Crippen LogP contribution in [-0.4, -0.2) is 37.7 Å². The summed E-state index contributed by atoms with van der Waals surface area (Å²) in [6, 6.07) is 8.86. The smallest absolute Gasteiger partial charge is 0.0952 e. The molecule has 0 spiro atoms. The van der Waals surface area contributed by atoms with Crippen LogP contribution in [0.2, 0.25) is 0 Å². The number of morpholine rings is 1. The first kappa shape index (κ1) is 14.5. The Balaban J connectivity index is 2.05. The third kappa shape index (κ3) is 3.78. The van der Waals surface area contributed by atoms with E-state index in [4.69, 9.17) is 10.5 Å². The van der Waals surface area contributed by atoms with E-state index in [0.717, 1.165) is 32.8 Å². The molecule has 3 nitrogen and oxygen atoms in total. The summed E-state index contributed by atoms with van der Waals surface area (Å²) in [6.45, 7) is 11.1. The molecule has 106 valence electrons. The SMILES string of the molecule is CC(C)(C)c1ccc(C2CN(CCN)CCO2)cc1. The van der Waals surface area contributed by atoms with Crippen LogP contribution in [0.4, 0.5) is 0 Å². The Kier molecular flexibility index (Phi) is 4.61. The van der Waals surface area contributed by atoms with Gasteiger partial charge in [-0.3, -0.25) is 4.90 Å². The minimum Gasteiger partial charge on any atom is -0.371 e. The molecule has 0 amide bonds. The van der Waals surface area contributed by atoms with Crippen molar-refractivity contribution in [2.24, 2.45) is 5.73 Å². The normalized spacial score (nSPS) is 21.6. The number of hydrogen-bond donors (Lipinski definition) is 1. The summed E-state index contributed by atoms with van der Waals surface area (Å²) < 4.78 is 5.88. The van der Waals surface area contributed by atoms with Crippen LogP contribution in [0.25, 0.3) is 0 Å². The van der Waals surface area contributed by atoms with E-state index >= 15 is 0 Å². The van der Waals surface area contributed by atoms with Crippen molar-refractivity contribution in [2.45, 2.75) is 32.3 Å². The number of hydrogen-bond acceptors (Lipinski definition) is 3. The molecule has 2 N–H and O–H groups in total. The molecule has 0 aliphatic carbocycles. The standard InChI is InChI=1S/C16H26N2O/c1-16(2,3)14-6-4-13(5-7-14)15-12-18(9-8-17)10-11-19-15/h4-7,15H,8-12,17H2,1-3H3. The van der Waals surface area contributed by atoms with E-state index in [1.807, 2.05) is 0 Å². The highest BCUT2D eigenvalue weighted by Gasteiger charge is 2.22. The molecule has 2 rings (SSSR count). The summed E-state index contributed by atoms with van der Waals surface area (Å²) in [5, 5.41) is 0. The number of nitrogens with two attached hydrogens (primary N) is 1. The first-order valence-corrected chi connectivity index (χ1v) is 7.15. The zero-order valence-corrected chi connectivity index (χ0v) is 12.4. The van der Waals surface area contributed by atoms with Gasteiger partial charge >= 0.3 is 0 Å². The lowest BCUT2D eigenvalue weighted by Gasteiger charge is -2.33. The van der Waals surface area contributed by atoms with E-state index in [9.17, 15) is 0 Å². The summed E-state index contributed by atoms with van der Waals surface area (Å²) in [5.74, 6) is 0. The van der Waals surface area contributed by atoms with Crippen molar-refractivity contribution in [3.63, 3.8) is 0 Å². The van der Waals surface area contributed by atoms with Gasteiger partial charge in [-0.05, 0) is 16.5 Å². The second-order valence-corrected chi connectivity index (χ2v) is 6.32. The van der Waals surface area contributed by atoms with Crippen LogP contribution in [0.3, 0.4) is 0 Å². The molecule has 1 aromatic carbocycles. The molecule has 1 saturated heterocycles. The molecule has 1 fully saturated rings. The quantitative estimate of drug-likeness (QED) is 0.908. The van der Waals surface area contributed by atoms with Crippen LogP contribution in [0.1, 0.15) is 38.0 Å². The lowest BCUT2D eigenvalue weighted by Crippen LogP contribution is -2.40. The molecular formula is C16H26N2O. The third-order valence-corrected chi connectivity index (χ3v) is 3.74. The Labute approximate surface area is 116 Å². The van der Waals surface area contributed by atoms with Gasteiger partial charge in [0.1, 0.15) is 0 Å². The Morgan fingerprint density at radius 3 is 2.53 bits per heavy atom. The first-order valence-electron chi connectivity index (χ1n) is 7.15. The van der Waals surface area contributed by atoms with Crippen molar-refractivity contribution in [2.75, 3.05) is 32.8 Å². The van der Waals surface area contributed by atoms with Crippen molar-refractivity contribution >= 4 is 0 Å². The minimum atomic E-state index is 0.189. The van der Waals surface area contributed by atoms with E-state index in [1.54, 1.807) is 0 Å². The molecular weight excluding hydrogens is 236 g/mol. The molecule has 0 aromatic heterocycles. The highest BCUT2D eigenvalue weighted by molar-refractivity contribution is 5.29. The molecule has 1 aliphatic heterocycles. The number of nitrogens with zero attached hydrogens (tertiary/aromatic N) is 1. The van der Waals surface area contributed by atoms with Crippen LogP contribution in [-0.2, 0) is 10.2 Å². The van der Waals surface area contributed by atoms with Gasteiger partial charge in [0.2, 0.25) is 0 Å². The fourth-order valence-electron chi connectivity index (χ4n) is 2.49. The second-order valence-electron chi connectivity index (χ2n) is 6.32. The van der Waals surface area contributed by atoms with Crippen molar-refractivity contribution in [1.29, 1.82) is 0 Å². The highest BCUT2D eigenvalue weighted by atomic mass is 16.5. The Morgan fingerprint density at radius 1 is 1.26 bits per heavy atom. The predicted octanol–water partition coefficient (Wildman–Crippen LogP) is 2.32. The van der Waals surface area contributed by atoms with E-state index in [-0.39, 0.29) is 11.5 Å². The van der Waals surface area contributed by atoms with Gasteiger partial charge in [-0.1, -0.05) is 45.0 Å². The molecule has 1 heterocycles. The van der Waals surface area contributed by atoms with E-state index in [0.29, 0.717) is 0 Å². The Hall–Kier alpha value is -0.900. The summed E-state index contributed by atoms with van der Waals surface area (Å²) in [5.41, 5.74) is 8.47. The lowest BCUT2D eigenvalue weighted by molar-refractivity contribution is -0.0288. The molecule has 0 bridgehead atoms. The molecule has 1 aromatic rings. The van der Waals surface area contributed by atoms with Crippen molar-refractivity contribution in [3.8, 4) is 0 Å². The molecule has 1 unspecified atom stereocenters. The fraction of sp³-hybridized carbons (Fsp3) is 0.625. The Bertz CT molecular complexity index is 392. The van der Waals surface area contributed by atoms with E-state index < -0.39 is 0 Å². The summed E-state index contributed by atoms with van der Waals surface area (Å²) >= 11 is 0. The third-order valence-electron chi connectivity index (χ3n) is 3.74. The van der Waals surface area contributed by atoms with Crippen LogP contribution in [0.15, 0.2) is 24.3 Å². The van der Waals surface area contributed by atoms with Gasteiger partial charge in [-0.2, -0.15) is 0 Å². The largest absolute Gasteiger partial charge is 0.371 e. The topological polar surface area (TPSA) is 38.5 Å². The second kappa shape index (κ2) is 6.04. The van der Waals surface area contributed by atoms with Gasteiger partial charge in [0.05, 0.1) is 12.7 Å². The van der Waals surface area contributed by atoms with Crippen LogP contribution in [0.5, 0.6) is 0 Å². The monoisotopic (exact) mass is 262 g/mol. The number of benzene rings is 1. The molecule has 1 atom stereocenters. The fourth-order valence-corrected chi connectivity index (χ4v) is 2.49. The van der Waals surface area contributed by atoms with Crippen molar-refractivity contribution < 1.29 is 4.74 Å². The van der Waals surface area contributed by atoms with Gasteiger partial charge in [-0.15, -0.1) is 0 Å². The van der Waals surface area contributed by atoms with E-state index in [2.05, 4.69) is 49.9 Å². The van der Waals surface area contributed by atoms with Crippen LogP contribution >= 0.6 is 0 Å².